The summed E-state index contributed by atoms with van der Waals surface area (Å²) in [5, 5.41) is 0. The van der Waals surface area contributed by atoms with E-state index in [1.807, 2.05) is 0 Å². The lowest BCUT2D eigenvalue weighted by Crippen LogP contribution is -2.30. The SMILES string of the molecule is CC(C)N1Cc2c(cc(C3CC3)nc2C(F)(F)F)C1=O. The van der Waals surface area contributed by atoms with Gasteiger partial charge in [-0.05, 0) is 32.8 Å². The van der Waals surface area contributed by atoms with Crippen molar-refractivity contribution in [2.24, 2.45) is 0 Å². The molecule has 0 saturated heterocycles. The van der Waals surface area contributed by atoms with E-state index in [0.29, 0.717) is 5.69 Å². The first-order valence-corrected chi connectivity index (χ1v) is 6.71. The van der Waals surface area contributed by atoms with Gasteiger partial charge in [0.25, 0.3) is 5.91 Å². The number of rotatable bonds is 2. The highest BCUT2D eigenvalue weighted by atomic mass is 19.4. The second-order valence-corrected chi connectivity index (χ2v) is 5.72. The van der Waals surface area contributed by atoms with Gasteiger partial charge in [0.05, 0.1) is 0 Å². The van der Waals surface area contributed by atoms with Gasteiger partial charge >= 0.3 is 6.18 Å². The lowest BCUT2D eigenvalue weighted by Gasteiger charge is -2.20. The first-order chi connectivity index (χ1) is 9.29. The fraction of sp³-hybridized carbons (Fsp3) is 0.571. The predicted octanol–water partition coefficient (Wildman–Crippen LogP) is 3.34. The predicted molar refractivity (Wildman–Crippen MR) is 66.2 cm³/mol. The van der Waals surface area contributed by atoms with Crippen LogP contribution in [0.2, 0.25) is 0 Å². The number of carbonyl (C=O) groups is 1. The topological polar surface area (TPSA) is 33.2 Å². The quantitative estimate of drug-likeness (QED) is 0.834. The van der Waals surface area contributed by atoms with Crippen LogP contribution >= 0.6 is 0 Å². The average Bonchev–Trinajstić information content (AvgIpc) is 3.12. The third kappa shape index (κ3) is 2.07. The van der Waals surface area contributed by atoms with Gasteiger partial charge in [-0.15, -0.1) is 0 Å². The Hall–Kier alpha value is -1.59. The van der Waals surface area contributed by atoms with Crippen molar-refractivity contribution in [3.63, 3.8) is 0 Å². The van der Waals surface area contributed by atoms with Crippen LogP contribution < -0.4 is 0 Å². The number of halogens is 3. The molecule has 3 rings (SSSR count). The number of pyridine rings is 1. The molecule has 0 spiro atoms. The second kappa shape index (κ2) is 4.20. The van der Waals surface area contributed by atoms with Gasteiger partial charge in [0.2, 0.25) is 0 Å². The van der Waals surface area contributed by atoms with Gasteiger partial charge in [-0.2, -0.15) is 13.2 Å². The molecule has 20 heavy (non-hydrogen) atoms. The average molecular weight is 284 g/mol. The molecule has 2 heterocycles. The van der Waals surface area contributed by atoms with Crippen LogP contribution in [0.25, 0.3) is 0 Å². The molecule has 1 saturated carbocycles. The Bertz CT molecular complexity index is 577. The van der Waals surface area contributed by atoms with Gasteiger partial charge in [0.1, 0.15) is 0 Å². The van der Waals surface area contributed by atoms with Crippen LogP contribution in [-0.4, -0.2) is 21.8 Å². The smallest absolute Gasteiger partial charge is 0.332 e. The molecule has 0 bridgehead atoms. The van der Waals surface area contributed by atoms with Gasteiger partial charge in [0, 0.05) is 35.3 Å². The summed E-state index contributed by atoms with van der Waals surface area (Å²) in [5.74, 6) is -0.230. The van der Waals surface area contributed by atoms with Crippen LogP contribution in [-0.2, 0) is 12.7 Å². The van der Waals surface area contributed by atoms with Crippen LogP contribution in [0.3, 0.4) is 0 Å². The molecule has 0 aromatic carbocycles. The molecule has 3 nitrogen and oxygen atoms in total. The summed E-state index contributed by atoms with van der Waals surface area (Å²) in [7, 11) is 0. The summed E-state index contributed by atoms with van der Waals surface area (Å²) in [5.41, 5.74) is -0.257. The maximum absolute atomic E-state index is 13.2. The lowest BCUT2D eigenvalue weighted by molar-refractivity contribution is -0.142. The van der Waals surface area contributed by atoms with Crippen molar-refractivity contribution in [3.8, 4) is 0 Å². The Labute approximate surface area is 114 Å². The van der Waals surface area contributed by atoms with E-state index in [1.54, 1.807) is 19.9 Å². The van der Waals surface area contributed by atoms with Gasteiger partial charge in [-0.3, -0.25) is 4.79 Å². The fourth-order valence-corrected chi connectivity index (χ4v) is 2.58. The minimum atomic E-state index is -4.51. The Balaban J connectivity index is 2.13. The first-order valence-electron chi connectivity index (χ1n) is 6.71. The maximum Gasteiger partial charge on any atom is 0.433 e. The Morgan fingerprint density at radius 3 is 2.50 bits per heavy atom. The van der Waals surface area contributed by atoms with E-state index in [9.17, 15) is 18.0 Å². The van der Waals surface area contributed by atoms with Crippen LogP contribution in [0.1, 0.15) is 59.9 Å². The number of amides is 1. The van der Waals surface area contributed by atoms with E-state index in [1.165, 1.54) is 4.90 Å². The number of aromatic nitrogens is 1. The van der Waals surface area contributed by atoms with Crippen LogP contribution in [0, 0.1) is 0 Å². The third-order valence-corrected chi connectivity index (χ3v) is 3.85. The maximum atomic E-state index is 13.2. The molecule has 6 heteroatoms. The molecule has 1 aliphatic carbocycles. The minimum absolute atomic E-state index is 0.00137. The van der Waals surface area contributed by atoms with E-state index in [4.69, 9.17) is 0 Å². The van der Waals surface area contributed by atoms with E-state index in [2.05, 4.69) is 4.98 Å². The van der Waals surface area contributed by atoms with E-state index >= 15 is 0 Å². The van der Waals surface area contributed by atoms with Gasteiger partial charge < -0.3 is 4.90 Å². The van der Waals surface area contributed by atoms with Crippen LogP contribution in [0.5, 0.6) is 0 Å². The van der Waals surface area contributed by atoms with Crippen molar-refractivity contribution >= 4 is 5.91 Å². The summed E-state index contributed by atoms with van der Waals surface area (Å²) < 4.78 is 39.5. The highest BCUT2D eigenvalue weighted by molar-refractivity contribution is 5.99. The van der Waals surface area contributed by atoms with E-state index < -0.39 is 11.9 Å². The minimum Gasteiger partial charge on any atom is -0.332 e. The Kier molecular flexibility index (Phi) is 2.81. The Morgan fingerprint density at radius 1 is 1.35 bits per heavy atom. The number of fused-ring (bicyclic) bond motifs is 1. The summed E-state index contributed by atoms with van der Waals surface area (Å²) in [6.07, 6.45) is -2.81. The molecule has 1 amide bonds. The van der Waals surface area contributed by atoms with Crippen molar-refractivity contribution < 1.29 is 18.0 Å². The molecule has 0 N–H and O–H groups in total. The highest BCUT2D eigenvalue weighted by Crippen LogP contribution is 2.43. The molecule has 1 fully saturated rings. The monoisotopic (exact) mass is 284 g/mol. The molecule has 108 valence electrons. The van der Waals surface area contributed by atoms with Gasteiger partial charge in [-0.25, -0.2) is 4.98 Å². The zero-order valence-corrected chi connectivity index (χ0v) is 11.3. The van der Waals surface area contributed by atoms with Gasteiger partial charge in [-0.1, -0.05) is 0 Å². The van der Waals surface area contributed by atoms with E-state index in [-0.39, 0.29) is 35.5 Å². The van der Waals surface area contributed by atoms with E-state index in [0.717, 1.165) is 12.8 Å². The molecule has 1 aliphatic heterocycles. The van der Waals surface area contributed by atoms with Crippen molar-refractivity contribution in [1.82, 2.24) is 9.88 Å². The number of hydrogen-bond donors (Lipinski definition) is 0. The Morgan fingerprint density at radius 2 is 2.00 bits per heavy atom. The molecule has 0 atom stereocenters. The van der Waals surface area contributed by atoms with Crippen molar-refractivity contribution in [2.75, 3.05) is 0 Å². The molecule has 1 aromatic rings. The molecule has 0 radical (unpaired) electrons. The van der Waals surface area contributed by atoms with Crippen molar-refractivity contribution in [2.45, 2.75) is 51.4 Å². The number of hydrogen-bond acceptors (Lipinski definition) is 2. The second-order valence-electron chi connectivity index (χ2n) is 5.72. The summed E-state index contributed by atoms with van der Waals surface area (Å²) in [4.78, 5) is 17.5. The van der Waals surface area contributed by atoms with Crippen LogP contribution in [0.15, 0.2) is 6.07 Å². The first kappa shape index (κ1) is 13.4. The highest BCUT2D eigenvalue weighted by Gasteiger charge is 2.43. The van der Waals surface area contributed by atoms with Crippen molar-refractivity contribution in [1.29, 1.82) is 0 Å². The summed E-state index contributed by atoms with van der Waals surface area (Å²) >= 11 is 0. The lowest BCUT2D eigenvalue weighted by atomic mass is 10.1. The van der Waals surface area contributed by atoms with Gasteiger partial charge in [0.15, 0.2) is 5.69 Å². The van der Waals surface area contributed by atoms with Crippen LogP contribution in [0.4, 0.5) is 13.2 Å². The summed E-state index contributed by atoms with van der Waals surface area (Å²) in [6, 6.07) is 1.44. The fourth-order valence-electron chi connectivity index (χ4n) is 2.58. The number of nitrogens with zero attached hydrogens (tertiary/aromatic N) is 2. The zero-order valence-electron chi connectivity index (χ0n) is 11.3. The largest absolute Gasteiger partial charge is 0.433 e. The third-order valence-electron chi connectivity index (χ3n) is 3.85. The zero-order chi connectivity index (χ0) is 14.7. The molecule has 1 aromatic heterocycles. The summed E-state index contributed by atoms with van der Waals surface area (Å²) in [6.45, 7) is 3.59. The normalized spacial score (nSPS) is 18.9. The molecular weight excluding hydrogens is 269 g/mol. The molecule has 0 unspecified atom stereocenters. The van der Waals surface area contributed by atoms with Crippen molar-refractivity contribution in [3.05, 3.63) is 28.6 Å². The molecule has 2 aliphatic rings. The molecular formula is C14H15F3N2O. The standard InChI is InChI=1S/C14H15F3N2O/c1-7(2)19-6-10-9(13(19)20)5-11(8-3-4-8)18-12(10)14(15,16)17/h5,7-8H,3-4,6H2,1-2H3. The number of alkyl halides is 3. The number of carbonyl (C=O) groups excluding carboxylic acids is 1.